The molecule has 0 N–H and O–H groups in total. The van der Waals surface area contributed by atoms with Crippen molar-refractivity contribution in [2.45, 2.75) is 161 Å². The van der Waals surface area contributed by atoms with Crippen LogP contribution in [0.1, 0.15) is 142 Å². The molecule has 0 radical (unpaired) electrons. The van der Waals surface area contributed by atoms with Gasteiger partial charge >= 0.3 is 11.9 Å². The van der Waals surface area contributed by atoms with E-state index in [1.807, 2.05) is 27.2 Å². The number of hydrogen-bond acceptors (Lipinski definition) is 9. The van der Waals surface area contributed by atoms with Crippen molar-refractivity contribution in [3.8, 4) is 0 Å². The largest absolute Gasteiger partial charge is 0.756 e. The van der Waals surface area contributed by atoms with Crippen LogP contribution in [0.3, 0.4) is 0 Å². The Morgan fingerprint density at radius 2 is 1.25 bits per heavy atom. The summed E-state index contributed by atoms with van der Waals surface area (Å²) in [6.45, 7) is 3.97. The molecule has 0 amide bonds. The Kier molecular flexibility index (Phi) is 31.5. The Labute approximate surface area is 346 Å². The molecule has 57 heavy (non-hydrogen) atoms. The van der Waals surface area contributed by atoms with Gasteiger partial charge in [0.05, 0.1) is 40.0 Å². The first kappa shape index (κ1) is 52.4. The molecular weight excluding hydrogens is 741 g/mol. The van der Waals surface area contributed by atoms with Crippen LogP contribution in [-0.2, 0) is 37.4 Å². The van der Waals surface area contributed by atoms with Crippen molar-refractivity contribution in [1.29, 1.82) is 0 Å². The predicted molar refractivity (Wildman–Crippen MR) is 230 cm³/mol. The number of carbonyl (C=O) groups is 2. The number of likely N-dealkylation sites (N-methyl/N-ethyl adjacent to an activating group) is 1. The summed E-state index contributed by atoms with van der Waals surface area (Å²) in [7, 11) is 1.10. The molecule has 1 aliphatic heterocycles. The SMILES string of the molecule is CC/C=C\C/C=C\C/C=C\CCCCCCCC(=O)OC[C@H](COP(=O)([O-])OCC[N+](C)(C)C)OC(=O)CCC/C=C\C/C=C\C/C=C\CC1OC1CCCCC. The van der Waals surface area contributed by atoms with Crippen molar-refractivity contribution in [2.24, 2.45) is 0 Å². The van der Waals surface area contributed by atoms with Crippen molar-refractivity contribution in [3.05, 3.63) is 72.9 Å². The molecule has 326 valence electrons. The van der Waals surface area contributed by atoms with Gasteiger partial charge in [0, 0.05) is 12.8 Å². The van der Waals surface area contributed by atoms with E-state index in [4.69, 9.17) is 23.3 Å². The van der Waals surface area contributed by atoms with E-state index in [-0.39, 0.29) is 26.1 Å². The second kappa shape index (κ2) is 34.3. The normalized spacial score (nSPS) is 17.9. The van der Waals surface area contributed by atoms with Gasteiger partial charge in [-0.1, -0.05) is 125 Å². The van der Waals surface area contributed by atoms with Crippen LogP contribution in [0.25, 0.3) is 0 Å². The Morgan fingerprint density at radius 1 is 0.667 bits per heavy atom. The molecule has 1 fully saturated rings. The lowest BCUT2D eigenvalue weighted by Crippen LogP contribution is -2.37. The lowest BCUT2D eigenvalue weighted by atomic mass is 10.1. The fourth-order valence-corrected chi connectivity index (χ4v) is 6.36. The highest BCUT2D eigenvalue weighted by Gasteiger charge is 2.36. The molecule has 1 aliphatic rings. The molecule has 1 saturated heterocycles. The number of phosphoric acid groups is 1. The van der Waals surface area contributed by atoms with E-state index in [0.717, 1.165) is 70.6 Å². The van der Waals surface area contributed by atoms with Crippen LogP contribution in [-0.4, -0.2) is 82.2 Å². The molecule has 0 aromatic rings. The van der Waals surface area contributed by atoms with Crippen molar-refractivity contribution >= 4 is 19.8 Å². The third-order valence-corrected chi connectivity index (χ3v) is 10.1. The summed E-state index contributed by atoms with van der Waals surface area (Å²) in [5, 5.41) is 0. The van der Waals surface area contributed by atoms with Gasteiger partial charge in [0.1, 0.15) is 19.8 Å². The van der Waals surface area contributed by atoms with Gasteiger partial charge in [0.25, 0.3) is 7.82 Å². The standard InChI is InChI=1S/C46H78NO9P/c1-6-8-10-11-12-13-14-15-16-17-18-22-25-28-32-36-45(48)52-40-42(41-54-57(50,51)53-39-38-47(3,4)5)55-46(49)37-33-29-26-23-20-19-21-24-27-31-35-44-43(56-44)34-30-9-7-2/h8,10,12-13,15-16,19,21,23,26-27,31,42-44H,6-7,9,11,14,17-18,20,22,24-25,28-30,32-41H2,1-5H3/b10-8-,13-12-,16-15-,21-19-,26-23-,31-27-/t42-,43?,44?/m1/s1. The second-order valence-electron chi connectivity index (χ2n) is 15.7. The number of epoxide rings is 1. The summed E-state index contributed by atoms with van der Waals surface area (Å²) >= 11 is 0. The number of carbonyl (C=O) groups excluding carboxylic acids is 2. The molecule has 1 rings (SSSR count). The average Bonchev–Trinajstić information content (AvgIpc) is 3.91. The first-order chi connectivity index (χ1) is 27.5. The number of phosphoric ester groups is 1. The summed E-state index contributed by atoms with van der Waals surface area (Å²) in [5.41, 5.74) is 0. The van der Waals surface area contributed by atoms with Crippen LogP contribution in [0.15, 0.2) is 72.9 Å². The molecule has 0 aliphatic carbocycles. The van der Waals surface area contributed by atoms with Crippen molar-refractivity contribution in [2.75, 3.05) is 47.5 Å². The number of unbranched alkanes of at least 4 members (excludes halogenated alkanes) is 8. The molecule has 1 heterocycles. The fourth-order valence-electron chi connectivity index (χ4n) is 5.64. The molecule has 0 saturated carbocycles. The topological polar surface area (TPSA) is 124 Å². The molecule has 3 unspecified atom stereocenters. The highest BCUT2D eigenvalue weighted by molar-refractivity contribution is 7.45. The summed E-state index contributed by atoms with van der Waals surface area (Å²) in [4.78, 5) is 37.5. The molecule has 4 atom stereocenters. The van der Waals surface area contributed by atoms with E-state index >= 15 is 0 Å². The Morgan fingerprint density at radius 3 is 1.89 bits per heavy atom. The van der Waals surface area contributed by atoms with Gasteiger partial charge < -0.3 is 32.6 Å². The van der Waals surface area contributed by atoms with Gasteiger partial charge in [-0.3, -0.25) is 14.2 Å². The number of allylic oxidation sites excluding steroid dienone is 11. The molecule has 10 nitrogen and oxygen atoms in total. The average molecular weight is 820 g/mol. The highest BCUT2D eigenvalue weighted by atomic mass is 31.2. The molecule has 11 heteroatoms. The van der Waals surface area contributed by atoms with E-state index in [2.05, 4.69) is 80.7 Å². The number of rotatable bonds is 37. The zero-order chi connectivity index (χ0) is 41.9. The van der Waals surface area contributed by atoms with E-state index in [0.29, 0.717) is 42.5 Å². The monoisotopic (exact) mass is 820 g/mol. The number of ether oxygens (including phenoxy) is 3. The number of nitrogens with zero attached hydrogens (tertiary/aromatic N) is 1. The smallest absolute Gasteiger partial charge is 0.306 e. The van der Waals surface area contributed by atoms with Crippen LogP contribution >= 0.6 is 7.82 Å². The summed E-state index contributed by atoms with van der Waals surface area (Å²) in [6.07, 6.45) is 44.0. The van der Waals surface area contributed by atoms with Gasteiger partial charge in [-0.2, -0.15) is 0 Å². The number of quaternary nitrogens is 1. The minimum Gasteiger partial charge on any atom is -0.756 e. The van der Waals surface area contributed by atoms with Crippen molar-refractivity contribution in [3.63, 3.8) is 0 Å². The van der Waals surface area contributed by atoms with Crippen LogP contribution in [0.5, 0.6) is 0 Å². The minimum absolute atomic E-state index is 0.0499. The lowest BCUT2D eigenvalue weighted by molar-refractivity contribution is -0.870. The van der Waals surface area contributed by atoms with Gasteiger partial charge in [-0.15, -0.1) is 0 Å². The van der Waals surface area contributed by atoms with Crippen LogP contribution in [0.4, 0.5) is 0 Å². The molecule has 0 aromatic carbocycles. The van der Waals surface area contributed by atoms with Crippen LogP contribution in [0.2, 0.25) is 0 Å². The van der Waals surface area contributed by atoms with Crippen molar-refractivity contribution < 1.29 is 46.8 Å². The summed E-state index contributed by atoms with van der Waals surface area (Å²) < 4.78 is 39.5. The van der Waals surface area contributed by atoms with Gasteiger partial charge in [-0.05, 0) is 77.0 Å². The molecular formula is C46H78NO9P. The summed E-state index contributed by atoms with van der Waals surface area (Å²) in [5.74, 6) is -0.933. The maximum atomic E-state index is 12.7. The molecule has 0 aromatic heterocycles. The zero-order valence-electron chi connectivity index (χ0n) is 36.2. The zero-order valence-corrected chi connectivity index (χ0v) is 37.1. The highest BCUT2D eigenvalue weighted by Crippen LogP contribution is 2.38. The van der Waals surface area contributed by atoms with Crippen LogP contribution < -0.4 is 4.89 Å². The first-order valence-electron chi connectivity index (χ1n) is 21.8. The molecule has 0 spiro atoms. The maximum Gasteiger partial charge on any atom is 0.306 e. The van der Waals surface area contributed by atoms with Crippen molar-refractivity contribution in [1.82, 2.24) is 0 Å². The minimum atomic E-state index is -4.65. The quantitative estimate of drug-likeness (QED) is 0.0150. The Balaban J connectivity index is 2.34. The van der Waals surface area contributed by atoms with Crippen LogP contribution in [0, 0.1) is 0 Å². The van der Waals surface area contributed by atoms with E-state index in [1.165, 1.54) is 25.7 Å². The molecule has 0 bridgehead atoms. The third kappa shape index (κ3) is 35.1. The van der Waals surface area contributed by atoms with Gasteiger partial charge in [0.15, 0.2) is 6.10 Å². The van der Waals surface area contributed by atoms with E-state index < -0.39 is 32.5 Å². The number of esters is 2. The van der Waals surface area contributed by atoms with Gasteiger partial charge in [0.2, 0.25) is 0 Å². The third-order valence-electron chi connectivity index (χ3n) is 9.13. The Hall–Kier alpha value is -2.59. The second-order valence-corrected chi connectivity index (χ2v) is 17.1. The Bertz CT molecular complexity index is 1270. The van der Waals surface area contributed by atoms with E-state index in [1.54, 1.807) is 0 Å². The summed E-state index contributed by atoms with van der Waals surface area (Å²) in [6, 6.07) is 0. The predicted octanol–water partition coefficient (Wildman–Crippen LogP) is 10.6. The lowest BCUT2D eigenvalue weighted by Gasteiger charge is -2.28. The first-order valence-corrected chi connectivity index (χ1v) is 23.2. The van der Waals surface area contributed by atoms with Gasteiger partial charge in [-0.25, -0.2) is 0 Å². The fraction of sp³-hybridized carbons (Fsp3) is 0.696. The van der Waals surface area contributed by atoms with E-state index in [9.17, 15) is 19.0 Å². The maximum absolute atomic E-state index is 12.7. The number of hydrogen-bond donors (Lipinski definition) is 0.